The second kappa shape index (κ2) is 8.03. The van der Waals surface area contributed by atoms with E-state index in [1.807, 2.05) is 0 Å². The van der Waals surface area contributed by atoms with E-state index in [9.17, 15) is 4.79 Å². The molecule has 1 aliphatic carbocycles. The molecule has 0 aromatic heterocycles. The zero-order chi connectivity index (χ0) is 24.9. The Hall–Kier alpha value is -1.45. The van der Waals surface area contributed by atoms with Crippen molar-refractivity contribution in [2.45, 2.75) is 107 Å². The van der Waals surface area contributed by atoms with Crippen LogP contribution in [0.1, 0.15) is 71.8 Å². The number of carbonyl (C=O) groups excluding carboxylic acids is 1. The highest BCUT2D eigenvalue weighted by atomic mass is 16.7. The average molecular weight is 493 g/mol. The number of carbonyl (C=O) groups is 1. The Labute approximate surface area is 215 Å². The van der Waals surface area contributed by atoms with Gasteiger partial charge in [0.1, 0.15) is 0 Å². The van der Waals surface area contributed by atoms with Crippen LogP contribution in [0.5, 0.6) is 0 Å². The molecule has 0 radical (unpaired) electrons. The molecule has 5 heterocycles. The van der Waals surface area contributed by atoms with Crippen LogP contribution >= 0.6 is 0 Å². The van der Waals surface area contributed by atoms with Gasteiger partial charge in [-0.2, -0.15) is 0 Å². The molecule has 6 aliphatic rings. The van der Waals surface area contributed by atoms with E-state index in [-0.39, 0.29) is 17.2 Å². The van der Waals surface area contributed by atoms with Gasteiger partial charge in [0, 0.05) is 30.9 Å². The van der Waals surface area contributed by atoms with E-state index in [4.69, 9.17) is 14.0 Å². The van der Waals surface area contributed by atoms with E-state index in [2.05, 4.69) is 61.0 Å². The molecule has 2 bridgehead atoms. The molecular weight excluding hydrogens is 453 g/mol. The summed E-state index contributed by atoms with van der Waals surface area (Å²) in [4.78, 5) is 19.0. The van der Waals surface area contributed by atoms with Crippen molar-refractivity contribution in [2.24, 2.45) is 0 Å². The summed E-state index contributed by atoms with van der Waals surface area (Å²) in [7, 11) is -0.417. The Morgan fingerprint density at radius 2 is 1.58 bits per heavy atom. The number of hydrogen-bond acceptors (Lipinski definition) is 6. The van der Waals surface area contributed by atoms with Gasteiger partial charge in [-0.1, -0.05) is 12.1 Å². The number of fused-ring (bicyclic) bond motifs is 4. The van der Waals surface area contributed by atoms with Crippen LogP contribution in [0.4, 0.5) is 5.69 Å². The Morgan fingerprint density at radius 1 is 0.944 bits per heavy atom. The monoisotopic (exact) mass is 493 g/mol. The van der Waals surface area contributed by atoms with Crippen LogP contribution in [0.2, 0.25) is 0 Å². The third-order valence-electron chi connectivity index (χ3n) is 10.4. The zero-order valence-electron chi connectivity index (χ0n) is 22.2. The van der Waals surface area contributed by atoms with Gasteiger partial charge in [0.15, 0.2) is 0 Å². The molecule has 4 saturated heterocycles. The molecule has 36 heavy (non-hydrogen) atoms. The zero-order valence-corrected chi connectivity index (χ0v) is 22.2. The maximum absolute atomic E-state index is 14.2. The van der Waals surface area contributed by atoms with Gasteiger partial charge in [0.05, 0.1) is 28.8 Å². The van der Waals surface area contributed by atoms with E-state index in [1.54, 1.807) is 0 Å². The van der Waals surface area contributed by atoms with Crippen molar-refractivity contribution in [1.29, 1.82) is 0 Å². The van der Waals surface area contributed by atoms with Gasteiger partial charge in [-0.25, -0.2) is 0 Å². The fourth-order valence-electron chi connectivity index (χ4n) is 7.45. The molecule has 1 amide bonds. The highest BCUT2D eigenvalue weighted by Gasteiger charge is 2.56. The highest BCUT2D eigenvalue weighted by Crippen LogP contribution is 2.50. The summed E-state index contributed by atoms with van der Waals surface area (Å²) in [6, 6.07) is 7.37. The lowest BCUT2D eigenvalue weighted by Gasteiger charge is -2.49. The molecule has 1 N–H and O–H groups in total. The largest absolute Gasteiger partial charge is 0.494 e. The van der Waals surface area contributed by atoms with Gasteiger partial charge in [-0.05, 0) is 96.4 Å². The molecule has 1 spiro atoms. The van der Waals surface area contributed by atoms with Crippen LogP contribution in [0, 0.1) is 0 Å². The maximum atomic E-state index is 14.2. The van der Waals surface area contributed by atoms with Gasteiger partial charge < -0.3 is 24.3 Å². The number of rotatable bonds is 3. The summed E-state index contributed by atoms with van der Waals surface area (Å²) < 4.78 is 18.8. The minimum absolute atomic E-state index is 0.268. The van der Waals surface area contributed by atoms with Crippen molar-refractivity contribution >= 4 is 24.2 Å². The Kier molecular flexibility index (Phi) is 5.28. The normalized spacial score (nSPS) is 36.4. The number of anilines is 1. The summed E-state index contributed by atoms with van der Waals surface area (Å²) in [5.41, 5.74) is 2.15. The average Bonchev–Trinajstić information content (AvgIpc) is 3.35. The lowest BCUT2D eigenvalue weighted by molar-refractivity contribution is -0.125. The molecule has 2 atom stereocenters. The number of nitrogens with one attached hydrogen (secondary N) is 1. The van der Waals surface area contributed by atoms with Gasteiger partial charge in [-0.15, -0.1) is 0 Å². The highest BCUT2D eigenvalue weighted by molar-refractivity contribution is 6.62. The second-order valence-electron chi connectivity index (χ2n) is 13.1. The van der Waals surface area contributed by atoms with Crippen molar-refractivity contribution < 1.29 is 18.8 Å². The molecule has 194 valence electrons. The molecular formula is C28H40BN3O4. The number of hydrogen-bond donors (Lipinski definition) is 1. The number of amides is 1. The minimum Gasteiger partial charge on any atom is -0.399 e. The SMILES string of the molecule is CC1(C)OB(c2ccc3c(c2)N(C2CC(N4CC5CCC(C4)O5)C2)C(=O)C32CCNCC2)OC1(C)C. The van der Waals surface area contributed by atoms with E-state index < -0.39 is 12.5 Å². The molecule has 1 saturated carbocycles. The molecule has 1 aromatic carbocycles. The fraction of sp³-hybridized carbons (Fsp3) is 0.750. The Bertz CT molecular complexity index is 1040. The maximum Gasteiger partial charge on any atom is 0.494 e. The van der Waals surface area contributed by atoms with Gasteiger partial charge in [0.25, 0.3) is 0 Å². The lowest BCUT2D eigenvalue weighted by atomic mass is 9.72. The van der Waals surface area contributed by atoms with E-state index in [0.29, 0.717) is 24.2 Å². The summed E-state index contributed by atoms with van der Waals surface area (Å²) in [6.07, 6.45) is 7.08. The van der Waals surface area contributed by atoms with Crippen molar-refractivity contribution in [3.05, 3.63) is 23.8 Å². The van der Waals surface area contributed by atoms with Gasteiger partial charge in [0.2, 0.25) is 5.91 Å². The van der Waals surface area contributed by atoms with E-state index >= 15 is 0 Å². The number of piperidine rings is 1. The van der Waals surface area contributed by atoms with Crippen molar-refractivity contribution in [1.82, 2.24) is 10.2 Å². The molecule has 7 nitrogen and oxygen atoms in total. The third-order valence-corrected chi connectivity index (χ3v) is 10.4. The number of morpholine rings is 1. The first-order valence-corrected chi connectivity index (χ1v) is 14.1. The second-order valence-corrected chi connectivity index (χ2v) is 13.1. The summed E-state index contributed by atoms with van der Waals surface area (Å²) in [5.74, 6) is 0.315. The standard InChI is InChI=1S/C28H40BN3O4/c1-26(2)27(3,4)36-29(35-26)18-5-8-23-24(13-18)32(25(33)28(23)9-11-30-12-10-28)20-14-19(15-20)31-16-21-6-7-22(17-31)34-21/h5,8,13,19-22,30H,6-7,9-12,14-17H2,1-4H3. The first-order chi connectivity index (χ1) is 17.2. The van der Waals surface area contributed by atoms with Crippen molar-refractivity contribution in [3.63, 3.8) is 0 Å². The summed E-state index contributed by atoms with van der Waals surface area (Å²) >= 11 is 0. The van der Waals surface area contributed by atoms with E-state index in [1.165, 1.54) is 18.4 Å². The topological polar surface area (TPSA) is 63.3 Å². The van der Waals surface area contributed by atoms with Crippen LogP contribution in [0.3, 0.4) is 0 Å². The lowest BCUT2D eigenvalue weighted by Crippen LogP contribution is -2.60. The van der Waals surface area contributed by atoms with Gasteiger partial charge >= 0.3 is 7.12 Å². The summed E-state index contributed by atoms with van der Waals surface area (Å²) in [5, 5.41) is 3.47. The van der Waals surface area contributed by atoms with E-state index in [0.717, 1.165) is 63.0 Å². The van der Waals surface area contributed by atoms with Crippen LogP contribution in [0.25, 0.3) is 0 Å². The predicted molar refractivity (Wildman–Crippen MR) is 140 cm³/mol. The Morgan fingerprint density at radius 3 is 2.22 bits per heavy atom. The minimum atomic E-state index is -0.417. The van der Waals surface area contributed by atoms with Crippen LogP contribution in [0.15, 0.2) is 18.2 Å². The molecule has 1 aromatic rings. The number of ether oxygens (including phenoxy) is 1. The first kappa shape index (κ1) is 23.7. The first-order valence-electron chi connectivity index (χ1n) is 14.1. The van der Waals surface area contributed by atoms with Crippen molar-refractivity contribution in [2.75, 3.05) is 31.1 Å². The molecule has 8 heteroatoms. The van der Waals surface area contributed by atoms with Crippen LogP contribution in [-0.4, -0.2) is 79.6 Å². The smallest absolute Gasteiger partial charge is 0.399 e. The van der Waals surface area contributed by atoms with Gasteiger partial charge in [-0.3, -0.25) is 9.69 Å². The predicted octanol–water partition coefficient (Wildman–Crippen LogP) is 2.35. The third kappa shape index (κ3) is 3.41. The van der Waals surface area contributed by atoms with Crippen molar-refractivity contribution in [3.8, 4) is 0 Å². The Balaban J connectivity index is 1.17. The molecule has 5 fully saturated rings. The number of benzene rings is 1. The number of likely N-dealkylation sites (tertiary alicyclic amines) is 1. The number of nitrogens with zero attached hydrogens (tertiary/aromatic N) is 2. The molecule has 7 rings (SSSR count). The quantitative estimate of drug-likeness (QED) is 0.653. The fourth-order valence-corrected chi connectivity index (χ4v) is 7.45. The van der Waals surface area contributed by atoms with Crippen LogP contribution in [-0.2, 0) is 24.3 Å². The summed E-state index contributed by atoms with van der Waals surface area (Å²) in [6.45, 7) is 12.3. The molecule has 2 unspecified atom stereocenters. The van der Waals surface area contributed by atoms with Crippen LogP contribution < -0.4 is 15.7 Å². The molecule has 5 aliphatic heterocycles.